The van der Waals surface area contributed by atoms with Gasteiger partial charge in [0.15, 0.2) is 5.78 Å². The van der Waals surface area contributed by atoms with Gasteiger partial charge < -0.3 is 14.5 Å². The number of carbonyl (C=O) groups excluding carboxylic acids is 2. The molecule has 1 fully saturated rings. The van der Waals surface area contributed by atoms with Gasteiger partial charge in [-0.05, 0) is 42.5 Å². The predicted octanol–water partition coefficient (Wildman–Crippen LogP) is 3.46. The fraction of sp³-hybridized carbons (Fsp3) is 0.200. The Morgan fingerprint density at radius 2 is 1.50 bits per heavy atom. The Bertz CT molecular complexity index is 1380. The number of ketones is 1. The summed E-state index contributed by atoms with van der Waals surface area (Å²) in [6.45, 7) is 2.23. The van der Waals surface area contributed by atoms with Gasteiger partial charge in [-0.25, -0.2) is 8.42 Å². The summed E-state index contributed by atoms with van der Waals surface area (Å²) in [6.07, 6.45) is 0. The van der Waals surface area contributed by atoms with Crippen molar-refractivity contribution in [1.82, 2.24) is 4.90 Å². The first-order valence-electron chi connectivity index (χ1n) is 10.6. The van der Waals surface area contributed by atoms with Crippen LogP contribution in [-0.4, -0.2) is 58.3 Å². The third-order valence-corrected chi connectivity index (χ3v) is 8.03. The van der Waals surface area contributed by atoms with E-state index < -0.39 is 9.84 Å². The maximum absolute atomic E-state index is 13.2. The highest BCUT2D eigenvalue weighted by atomic mass is 35.5. The molecule has 5 rings (SSSR count). The van der Waals surface area contributed by atoms with Crippen molar-refractivity contribution in [2.75, 3.05) is 38.2 Å². The first-order chi connectivity index (χ1) is 15.9. The number of amides is 1. The normalized spacial score (nSPS) is 16.2. The maximum atomic E-state index is 13.2. The maximum Gasteiger partial charge on any atom is 0.254 e. The summed E-state index contributed by atoms with van der Waals surface area (Å²) >= 11 is 0. The van der Waals surface area contributed by atoms with Crippen molar-refractivity contribution in [3.63, 3.8) is 0 Å². The highest BCUT2D eigenvalue weighted by Crippen LogP contribution is 2.35. The molecular weight excluding hydrogens is 476 g/mol. The Hall–Kier alpha value is -3.36. The van der Waals surface area contributed by atoms with Gasteiger partial charge in [0.1, 0.15) is 5.75 Å². The Kier molecular flexibility index (Phi) is 6.38. The average Bonchev–Trinajstić information content (AvgIpc) is 2.87. The minimum atomic E-state index is -3.89. The quantitative estimate of drug-likeness (QED) is 0.430. The van der Waals surface area contributed by atoms with E-state index in [1.165, 1.54) is 30.3 Å². The van der Waals surface area contributed by atoms with Gasteiger partial charge in [-0.3, -0.25) is 9.59 Å². The monoisotopic (exact) mass is 498 g/mol. The molecule has 9 heteroatoms. The van der Waals surface area contributed by atoms with E-state index in [1.54, 1.807) is 24.1 Å². The lowest BCUT2D eigenvalue weighted by molar-refractivity contribution is 0.0746. The van der Waals surface area contributed by atoms with E-state index in [0.29, 0.717) is 26.2 Å². The van der Waals surface area contributed by atoms with Crippen molar-refractivity contribution in [1.29, 1.82) is 0 Å². The molecule has 0 saturated carbocycles. The Morgan fingerprint density at radius 3 is 2.24 bits per heavy atom. The number of carbonyl (C=O) groups is 2. The number of hydrogen-bond acceptors (Lipinski definition) is 6. The summed E-state index contributed by atoms with van der Waals surface area (Å²) in [5.41, 5.74) is 1.50. The van der Waals surface area contributed by atoms with Crippen LogP contribution in [0.2, 0.25) is 0 Å². The van der Waals surface area contributed by atoms with Crippen molar-refractivity contribution in [2.45, 2.75) is 9.79 Å². The minimum absolute atomic E-state index is 0. The van der Waals surface area contributed by atoms with E-state index in [-0.39, 0.29) is 50.6 Å². The van der Waals surface area contributed by atoms with E-state index in [0.717, 1.165) is 11.4 Å². The number of benzene rings is 3. The molecule has 2 aliphatic heterocycles. The van der Waals surface area contributed by atoms with Crippen LogP contribution in [0.4, 0.5) is 5.69 Å². The van der Waals surface area contributed by atoms with Gasteiger partial charge in [0.2, 0.25) is 9.84 Å². The molecule has 0 spiro atoms. The van der Waals surface area contributed by atoms with Crippen LogP contribution >= 0.6 is 12.4 Å². The molecule has 3 aromatic carbocycles. The fourth-order valence-electron chi connectivity index (χ4n) is 4.44. The summed E-state index contributed by atoms with van der Waals surface area (Å²) in [5.74, 6) is 0.181. The van der Waals surface area contributed by atoms with Crippen LogP contribution in [0.1, 0.15) is 26.3 Å². The second-order valence-electron chi connectivity index (χ2n) is 7.99. The van der Waals surface area contributed by atoms with E-state index in [4.69, 9.17) is 4.74 Å². The first-order valence-corrected chi connectivity index (χ1v) is 12.1. The molecule has 2 heterocycles. The molecule has 2 aliphatic rings. The van der Waals surface area contributed by atoms with Gasteiger partial charge in [-0.15, -0.1) is 12.4 Å². The molecule has 0 atom stereocenters. The fourth-order valence-corrected chi connectivity index (χ4v) is 6.12. The third-order valence-electron chi connectivity index (χ3n) is 6.18. The molecule has 0 radical (unpaired) electrons. The van der Waals surface area contributed by atoms with Gasteiger partial charge in [0.05, 0.1) is 22.6 Å². The van der Waals surface area contributed by atoms with E-state index in [9.17, 15) is 18.0 Å². The molecule has 7 nitrogen and oxygen atoms in total. The van der Waals surface area contributed by atoms with Crippen LogP contribution in [0.3, 0.4) is 0 Å². The van der Waals surface area contributed by atoms with Crippen LogP contribution in [0.5, 0.6) is 5.75 Å². The van der Waals surface area contributed by atoms with Gasteiger partial charge >= 0.3 is 0 Å². The lowest BCUT2D eigenvalue weighted by atomic mass is 10.0. The number of piperazine rings is 1. The highest BCUT2D eigenvalue weighted by molar-refractivity contribution is 7.91. The Labute approximate surface area is 204 Å². The number of methoxy groups -OCH3 is 1. The Balaban J connectivity index is 0.00000274. The molecule has 0 aliphatic carbocycles. The van der Waals surface area contributed by atoms with Crippen LogP contribution in [0.15, 0.2) is 76.5 Å². The number of hydrogen-bond donors (Lipinski definition) is 0. The Morgan fingerprint density at radius 1 is 0.853 bits per heavy atom. The topological polar surface area (TPSA) is 84.0 Å². The first kappa shape index (κ1) is 23.8. The molecule has 0 aromatic heterocycles. The largest absolute Gasteiger partial charge is 0.495 e. The number of para-hydroxylation sites is 2. The van der Waals surface area contributed by atoms with Crippen LogP contribution < -0.4 is 9.64 Å². The molecular formula is C25H23ClN2O5S. The summed E-state index contributed by atoms with van der Waals surface area (Å²) in [4.78, 5) is 29.8. The summed E-state index contributed by atoms with van der Waals surface area (Å²) in [6, 6.07) is 18.2. The van der Waals surface area contributed by atoms with E-state index in [1.807, 2.05) is 24.3 Å². The lowest BCUT2D eigenvalue weighted by Crippen LogP contribution is -2.48. The van der Waals surface area contributed by atoms with E-state index >= 15 is 0 Å². The molecule has 34 heavy (non-hydrogen) atoms. The zero-order chi connectivity index (χ0) is 23.2. The molecule has 0 unspecified atom stereocenters. The highest BCUT2D eigenvalue weighted by Gasteiger charge is 2.35. The number of halogens is 1. The number of anilines is 1. The zero-order valence-electron chi connectivity index (χ0n) is 18.4. The number of fused-ring (bicyclic) bond motifs is 2. The van der Waals surface area contributed by atoms with Crippen molar-refractivity contribution < 1.29 is 22.7 Å². The van der Waals surface area contributed by atoms with Crippen molar-refractivity contribution in [2.24, 2.45) is 0 Å². The molecule has 0 N–H and O–H groups in total. The minimum Gasteiger partial charge on any atom is -0.495 e. The number of nitrogens with zero attached hydrogens (tertiary/aromatic N) is 2. The number of ether oxygens (including phenoxy) is 1. The lowest BCUT2D eigenvalue weighted by Gasteiger charge is -2.36. The van der Waals surface area contributed by atoms with Crippen molar-refractivity contribution in [3.8, 4) is 5.75 Å². The smallest absolute Gasteiger partial charge is 0.254 e. The molecule has 3 aromatic rings. The summed E-state index contributed by atoms with van der Waals surface area (Å²) in [5, 5.41) is 0. The van der Waals surface area contributed by atoms with Gasteiger partial charge in [-0.2, -0.15) is 0 Å². The zero-order valence-corrected chi connectivity index (χ0v) is 20.1. The number of rotatable bonds is 3. The number of sulfone groups is 1. The average molecular weight is 499 g/mol. The molecule has 0 bridgehead atoms. The molecule has 176 valence electrons. The summed E-state index contributed by atoms with van der Waals surface area (Å²) in [7, 11) is -2.26. The van der Waals surface area contributed by atoms with Crippen LogP contribution in [-0.2, 0) is 9.84 Å². The van der Waals surface area contributed by atoms with E-state index in [2.05, 4.69) is 4.90 Å². The summed E-state index contributed by atoms with van der Waals surface area (Å²) < 4.78 is 31.8. The standard InChI is InChI=1S/C25H22N2O5S.ClH/c1-32-21-8-4-3-7-20(21)26-12-14-27(15-13-26)25(29)17-10-11-19-23(16-17)33(30,31)22-9-5-2-6-18(22)24(19)28;/h2-11,16H,12-15H2,1H3;1H. The van der Waals surface area contributed by atoms with Gasteiger partial charge in [0.25, 0.3) is 5.91 Å². The van der Waals surface area contributed by atoms with Crippen LogP contribution in [0.25, 0.3) is 0 Å². The SMILES string of the molecule is COc1ccccc1N1CCN(C(=O)c2ccc3c(c2)S(=O)(=O)c2ccccc2C3=O)CC1.Cl. The van der Waals surface area contributed by atoms with Crippen molar-refractivity contribution >= 4 is 39.6 Å². The second kappa shape index (κ2) is 9.12. The third kappa shape index (κ3) is 3.82. The van der Waals surface area contributed by atoms with Gasteiger partial charge in [-0.1, -0.05) is 24.3 Å². The molecule has 1 amide bonds. The van der Waals surface area contributed by atoms with Crippen LogP contribution in [0, 0.1) is 0 Å². The second-order valence-corrected chi connectivity index (χ2v) is 9.88. The van der Waals surface area contributed by atoms with Gasteiger partial charge in [0, 0.05) is 42.9 Å². The predicted molar refractivity (Wildman–Crippen MR) is 130 cm³/mol. The molecule has 1 saturated heterocycles. The van der Waals surface area contributed by atoms with Crippen molar-refractivity contribution in [3.05, 3.63) is 83.4 Å².